The van der Waals surface area contributed by atoms with Crippen LogP contribution in [0.3, 0.4) is 0 Å². The Bertz CT molecular complexity index is 799. The predicted octanol–water partition coefficient (Wildman–Crippen LogP) is 6.48. The number of carboxylic acid groups (broad SMARTS) is 2. The van der Waals surface area contributed by atoms with Crippen LogP contribution >= 0.6 is 0 Å². The largest absolute Gasteiger partial charge is 0.481 e. The Labute approximate surface area is 297 Å². The molecule has 0 aromatic carbocycles. The number of aliphatic carboxylic acids is 2. The van der Waals surface area contributed by atoms with Gasteiger partial charge in [0.15, 0.2) is 0 Å². The van der Waals surface area contributed by atoms with E-state index in [1.165, 1.54) is 25.7 Å². The van der Waals surface area contributed by atoms with Crippen molar-refractivity contribution in [2.24, 2.45) is 0 Å². The number of unbranched alkanes of at least 4 members (excludes halogenated alkanes) is 15. The van der Waals surface area contributed by atoms with Gasteiger partial charge in [0.1, 0.15) is 0 Å². The van der Waals surface area contributed by atoms with Crippen molar-refractivity contribution < 1.29 is 39.6 Å². The number of hydrogen-bond acceptors (Lipinski definition) is 7. The van der Waals surface area contributed by atoms with Gasteiger partial charge in [0, 0.05) is 52.1 Å². The second kappa shape index (κ2) is 31.7. The molecule has 0 aromatic rings. The highest BCUT2D eigenvalue weighted by atomic mass is 16.4. The number of amides is 2. The van der Waals surface area contributed by atoms with Gasteiger partial charge in [-0.15, -0.1) is 0 Å². The first-order valence-corrected chi connectivity index (χ1v) is 19.6. The fourth-order valence-electron chi connectivity index (χ4n) is 6.14. The zero-order valence-electron chi connectivity index (χ0n) is 31.4. The van der Waals surface area contributed by atoms with Crippen molar-refractivity contribution in [1.29, 1.82) is 0 Å². The molecule has 11 nitrogen and oxygen atoms in total. The lowest BCUT2D eigenvalue weighted by Gasteiger charge is -2.32. The highest BCUT2D eigenvalue weighted by molar-refractivity contribution is 5.81. The minimum atomic E-state index is -1.03. The summed E-state index contributed by atoms with van der Waals surface area (Å²) in [6.45, 7) is 8.72. The molecule has 4 N–H and O–H groups in total. The zero-order valence-corrected chi connectivity index (χ0v) is 31.4. The molecule has 11 heteroatoms. The minimum Gasteiger partial charge on any atom is -0.481 e. The van der Waals surface area contributed by atoms with E-state index in [1.807, 2.05) is 4.90 Å². The molecule has 0 fully saturated rings. The molecule has 0 aromatic heterocycles. The van der Waals surface area contributed by atoms with Crippen LogP contribution in [0.5, 0.6) is 0 Å². The molecule has 0 saturated carbocycles. The monoisotopic (exact) mass is 700 g/mol. The van der Waals surface area contributed by atoms with Crippen LogP contribution in [-0.4, -0.2) is 117 Å². The molecule has 49 heavy (non-hydrogen) atoms. The number of hydrogen-bond donors (Lipinski definition) is 4. The van der Waals surface area contributed by atoms with E-state index in [0.717, 1.165) is 89.9 Å². The molecule has 0 aliphatic carbocycles. The van der Waals surface area contributed by atoms with Crippen molar-refractivity contribution in [3.8, 4) is 0 Å². The smallest absolute Gasteiger partial charge is 0.303 e. The summed E-state index contributed by atoms with van der Waals surface area (Å²) in [5.41, 5.74) is 0. The standard InChI is InChI=1S/C38H73N3O8/c1-4-7-10-13-16-19-26-39(29-33(42)31-40(35(44)22-24-37(46)47)27-20-17-14-11-8-5-2)30-34(43)32-41(36(45)23-25-38(48)49)28-21-18-15-12-9-6-3/h33-34,42-43H,4-32H2,1-3H3,(H,46,47)(H,48,49). The molecule has 0 saturated heterocycles. The number of carboxylic acids is 2. The number of aliphatic hydroxyl groups excluding tert-OH is 2. The average molecular weight is 700 g/mol. The van der Waals surface area contributed by atoms with Crippen LogP contribution in [0.25, 0.3) is 0 Å². The van der Waals surface area contributed by atoms with Crippen molar-refractivity contribution in [2.45, 2.75) is 174 Å². The molecule has 0 radical (unpaired) electrons. The summed E-state index contributed by atoms with van der Waals surface area (Å²) in [6, 6.07) is 0. The van der Waals surface area contributed by atoms with E-state index in [0.29, 0.717) is 19.6 Å². The molecule has 0 heterocycles. The van der Waals surface area contributed by atoms with Gasteiger partial charge in [-0.3, -0.25) is 24.1 Å². The van der Waals surface area contributed by atoms with Gasteiger partial charge >= 0.3 is 11.9 Å². The maximum Gasteiger partial charge on any atom is 0.303 e. The Kier molecular flexibility index (Phi) is 30.3. The second-order valence-corrected chi connectivity index (χ2v) is 13.8. The molecule has 0 spiro atoms. The van der Waals surface area contributed by atoms with Gasteiger partial charge in [-0.2, -0.15) is 0 Å². The molecule has 2 unspecified atom stereocenters. The Morgan fingerprint density at radius 3 is 1.06 bits per heavy atom. The SMILES string of the molecule is CCCCCCCCN(CC(O)CN(CCCCCCCC)C(=O)CCC(=O)O)CC(O)CN(CCCCCCCC)C(=O)CCC(=O)O. The van der Waals surface area contributed by atoms with E-state index in [4.69, 9.17) is 10.2 Å². The number of carbonyl (C=O) groups excluding carboxylic acids is 2. The van der Waals surface area contributed by atoms with Gasteiger partial charge in [-0.05, 0) is 25.8 Å². The molecular formula is C38H73N3O8. The Hall–Kier alpha value is -2.24. The summed E-state index contributed by atoms with van der Waals surface area (Å²) < 4.78 is 0. The van der Waals surface area contributed by atoms with Crippen LogP contribution in [0.2, 0.25) is 0 Å². The summed E-state index contributed by atoms with van der Waals surface area (Å²) in [4.78, 5) is 53.4. The molecule has 2 amide bonds. The van der Waals surface area contributed by atoms with E-state index in [1.54, 1.807) is 9.80 Å². The van der Waals surface area contributed by atoms with Crippen LogP contribution in [0.4, 0.5) is 0 Å². The summed E-state index contributed by atoms with van der Waals surface area (Å²) in [7, 11) is 0. The quantitative estimate of drug-likeness (QED) is 0.0544. The van der Waals surface area contributed by atoms with Crippen LogP contribution in [0.15, 0.2) is 0 Å². The highest BCUT2D eigenvalue weighted by Crippen LogP contribution is 2.13. The van der Waals surface area contributed by atoms with Crippen LogP contribution in [0, 0.1) is 0 Å². The summed E-state index contributed by atoms with van der Waals surface area (Å²) in [6.07, 6.45) is 16.6. The third-order valence-corrected chi connectivity index (χ3v) is 9.00. The van der Waals surface area contributed by atoms with Crippen LogP contribution < -0.4 is 0 Å². The lowest BCUT2D eigenvalue weighted by atomic mass is 10.1. The number of carbonyl (C=O) groups is 4. The van der Waals surface area contributed by atoms with E-state index in [9.17, 15) is 29.4 Å². The van der Waals surface area contributed by atoms with Crippen molar-refractivity contribution in [3.05, 3.63) is 0 Å². The fourth-order valence-corrected chi connectivity index (χ4v) is 6.14. The number of rotatable bonds is 35. The third-order valence-electron chi connectivity index (χ3n) is 9.00. The number of nitrogens with zero attached hydrogens (tertiary/aromatic N) is 3. The molecule has 2 atom stereocenters. The van der Waals surface area contributed by atoms with Gasteiger partial charge in [-0.1, -0.05) is 117 Å². The average Bonchev–Trinajstić information content (AvgIpc) is 3.05. The Morgan fingerprint density at radius 2 is 0.735 bits per heavy atom. The lowest BCUT2D eigenvalue weighted by molar-refractivity contribution is -0.141. The normalized spacial score (nSPS) is 12.6. The highest BCUT2D eigenvalue weighted by Gasteiger charge is 2.24. The van der Waals surface area contributed by atoms with E-state index >= 15 is 0 Å². The Morgan fingerprint density at radius 1 is 0.429 bits per heavy atom. The van der Waals surface area contributed by atoms with Gasteiger partial charge in [0.25, 0.3) is 0 Å². The minimum absolute atomic E-state index is 0.0916. The summed E-state index contributed by atoms with van der Waals surface area (Å²) in [5.74, 6) is -2.61. The topological polar surface area (TPSA) is 159 Å². The first-order valence-electron chi connectivity index (χ1n) is 19.6. The van der Waals surface area contributed by atoms with Crippen molar-refractivity contribution >= 4 is 23.8 Å². The van der Waals surface area contributed by atoms with Gasteiger partial charge in [-0.25, -0.2) is 0 Å². The molecular weight excluding hydrogens is 626 g/mol. The van der Waals surface area contributed by atoms with Crippen molar-refractivity contribution in [2.75, 3.05) is 45.8 Å². The molecule has 288 valence electrons. The van der Waals surface area contributed by atoms with E-state index < -0.39 is 24.1 Å². The van der Waals surface area contributed by atoms with Gasteiger partial charge < -0.3 is 30.2 Å². The molecule has 0 aliphatic rings. The first-order chi connectivity index (χ1) is 23.5. The molecule has 0 rings (SSSR count). The maximum atomic E-state index is 13.0. The third kappa shape index (κ3) is 28.2. The first kappa shape index (κ1) is 46.8. The van der Waals surface area contributed by atoms with Crippen molar-refractivity contribution in [1.82, 2.24) is 14.7 Å². The van der Waals surface area contributed by atoms with Gasteiger partial charge in [0.05, 0.1) is 25.0 Å². The fraction of sp³-hybridized carbons (Fsp3) is 0.895. The lowest BCUT2D eigenvalue weighted by Crippen LogP contribution is -2.47. The Balaban J connectivity index is 5.52. The van der Waals surface area contributed by atoms with Gasteiger partial charge in [0.2, 0.25) is 11.8 Å². The predicted molar refractivity (Wildman–Crippen MR) is 195 cm³/mol. The molecule has 0 aliphatic heterocycles. The summed E-state index contributed by atoms with van der Waals surface area (Å²) in [5, 5.41) is 40.7. The zero-order chi connectivity index (χ0) is 36.7. The van der Waals surface area contributed by atoms with Crippen LogP contribution in [0.1, 0.15) is 162 Å². The molecule has 0 bridgehead atoms. The second-order valence-electron chi connectivity index (χ2n) is 13.8. The van der Waals surface area contributed by atoms with E-state index in [-0.39, 0.29) is 63.7 Å². The summed E-state index contributed by atoms with van der Waals surface area (Å²) >= 11 is 0. The van der Waals surface area contributed by atoms with Crippen molar-refractivity contribution in [3.63, 3.8) is 0 Å². The van der Waals surface area contributed by atoms with E-state index in [2.05, 4.69) is 20.8 Å². The maximum absolute atomic E-state index is 13.0. The number of aliphatic hydroxyl groups is 2. The van der Waals surface area contributed by atoms with Crippen LogP contribution in [-0.2, 0) is 19.2 Å².